The van der Waals surface area contributed by atoms with Crippen molar-refractivity contribution in [2.45, 2.75) is 18.0 Å². The first kappa shape index (κ1) is 20.8. The highest BCUT2D eigenvalue weighted by atomic mass is 35.5. The average Bonchev–Trinajstić information content (AvgIpc) is 3.16. The number of amides is 1. The van der Waals surface area contributed by atoms with E-state index in [1.807, 2.05) is 77.7 Å². The van der Waals surface area contributed by atoms with E-state index in [4.69, 9.17) is 11.6 Å². The van der Waals surface area contributed by atoms with E-state index in [2.05, 4.69) is 17.5 Å². The van der Waals surface area contributed by atoms with Crippen LogP contribution in [0, 0.1) is 28.1 Å². The number of hydrogen-bond acceptors (Lipinski definition) is 4. The molecule has 3 unspecified atom stereocenters. The van der Waals surface area contributed by atoms with Gasteiger partial charge >= 0.3 is 0 Å². The molecule has 1 amide bonds. The van der Waals surface area contributed by atoms with Crippen LogP contribution < -0.4 is 10.2 Å². The van der Waals surface area contributed by atoms with Crippen molar-refractivity contribution in [2.24, 2.45) is 5.41 Å². The Hall–Kier alpha value is -4.06. The summed E-state index contributed by atoms with van der Waals surface area (Å²) in [6, 6.07) is 27.1. The summed E-state index contributed by atoms with van der Waals surface area (Å²) in [7, 11) is 0. The maximum Gasteiger partial charge on any atom is 0.247 e. The summed E-state index contributed by atoms with van der Waals surface area (Å²) in [6.07, 6.45) is 3.72. The predicted octanol–water partition coefficient (Wildman–Crippen LogP) is 5.38. The second kappa shape index (κ2) is 8.13. The Balaban J connectivity index is 1.74. The first-order valence-electron chi connectivity index (χ1n) is 10.6. The van der Waals surface area contributed by atoms with Crippen LogP contribution in [0.25, 0.3) is 6.08 Å². The lowest BCUT2D eigenvalue weighted by Gasteiger charge is -2.36. The first-order chi connectivity index (χ1) is 16.1. The third kappa shape index (κ3) is 3.18. The molecule has 1 fully saturated rings. The summed E-state index contributed by atoms with van der Waals surface area (Å²) < 4.78 is 0. The summed E-state index contributed by atoms with van der Waals surface area (Å²) >= 11 is 6.64. The molecule has 3 atom stereocenters. The number of nitrogens with zero attached hydrogens (tertiary/aromatic N) is 3. The molecule has 2 aliphatic heterocycles. The third-order valence-electron chi connectivity index (χ3n) is 6.45. The monoisotopic (exact) mass is 450 g/mol. The largest absolute Gasteiger partial charge is 0.348 e. The van der Waals surface area contributed by atoms with Crippen LogP contribution in [0.2, 0.25) is 5.02 Å². The Morgan fingerprint density at radius 2 is 1.61 bits per heavy atom. The maximum atomic E-state index is 13.9. The van der Waals surface area contributed by atoms with Crippen molar-refractivity contribution in [3.05, 3.63) is 101 Å². The van der Waals surface area contributed by atoms with Crippen LogP contribution in [-0.4, -0.2) is 18.0 Å². The number of halogens is 1. The zero-order valence-electron chi connectivity index (χ0n) is 17.5. The first-order valence-corrected chi connectivity index (χ1v) is 11.0. The summed E-state index contributed by atoms with van der Waals surface area (Å²) in [6.45, 7) is 0. The lowest BCUT2D eigenvalue weighted by molar-refractivity contribution is -0.117. The van der Waals surface area contributed by atoms with Crippen LogP contribution in [-0.2, 0) is 4.79 Å². The summed E-state index contributed by atoms with van der Waals surface area (Å²) in [5.74, 6) is -0.997. The van der Waals surface area contributed by atoms with Gasteiger partial charge in [-0.05, 0) is 29.3 Å². The molecule has 3 aromatic rings. The van der Waals surface area contributed by atoms with Crippen LogP contribution in [0.4, 0.5) is 11.4 Å². The summed E-state index contributed by atoms with van der Waals surface area (Å²) in [4.78, 5) is 15.7. The van der Waals surface area contributed by atoms with Crippen molar-refractivity contribution < 1.29 is 4.79 Å². The molecular weight excluding hydrogens is 432 g/mol. The minimum atomic E-state index is -1.49. The van der Waals surface area contributed by atoms with Gasteiger partial charge in [0.15, 0.2) is 5.41 Å². The molecule has 2 heterocycles. The molecule has 0 radical (unpaired) electrons. The maximum absolute atomic E-state index is 13.9. The second-order valence-corrected chi connectivity index (χ2v) is 8.58. The lowest BCUT2D eigenvalue weighted by atomic mass is 9.70. The van der Waals surface area contributed by atoms with Crippen LogP contribution in [0.15, 0.2) is 84.9 Å². The summed E-state index contributed by atoms with van der Waals surface area (Å²) in [5.41, 5.74) is 1.41. The molecule has 0 saturated carbocycles. The van der Waals surface area contributed by atoms with E-state index < -0.39 is 23.4 Å². The minimum absolute atomic E-state index is 0.298. The van der Waals surface area contributed by atoms with Crippen molar-refractivity contribution in [1.82, 2.24) is 0 Å². The third-order valence-corrected chi connectivity index (χ3v) is 6.75. The minimum Gasteiger partial charge on any atom is -0.348 e. The van der Waals surface area contributed by atoms with Gasteiger partial charge in [0.25, 0.3) is 0 Å². The number of hydrogen-bond donors (Lipinski definition) is 1. The molecule has 2 aliphatic rings. The van der Waals surface area contributed by atoms with Crippen LogP contribution in [0.1, 0.15) is 17.0 Å². The Morgan fingerprint density at radius 1 is 0.939 bits per heavy atom. The van der Waals surface area contributed by atoms with Gasteiger partial charge in [0.2, 0.25) is 5.91 Å². The van der Waals surface area contributed by atoms with E-state index in [9.17, 15) is 15.3 Å². The molecule has 1 N–H and O–H groups in total. The fourth-order valence-corrected chi connectivity index (χ4v) is 5.34. The van der Waals surface area contributed by atoms with E-state index in [0.717, 1.165) is 11.1 Å². The second-order valence-electron chi connectivity index (χ2n) is 8.17. The van der Waals surface area contributed by atoms with Gasteiger partial charge in [-0.1, -0.05) is 84.4 Å². The van der Waals surface area contributed by atoms with Gasteiger partial charge in [-0.15, -0.1) is 0 Å². The number of para-hydroxylation sites is 2. The highest BCUT2D eigenvalue weighted by Gasteiger charge is 2.63. The fourth-order valence-electron chi connectivity index (χ4n) is 5.06. The average molecular weight is 451 g/mol. The number of nitrogens with one attached hydrogen (secondary N) is 1. The highest BCUT2D eigenvalue weighted by molar-refractivity contribution is 6.34. The molecule has 1 saturated heterocycles. The number of carbonyl (C=O) groups excluding carboxylic acids is 1. The number of rotatable bonds is 3. The van der Waals surface area contributed by atoms with Gasteiger partial charge < -0.3 is 10.2 Å². The standard InChI is InChI=1S/C27H19ClN4O/c28-21-13-7-10-19-14-15-22-27(16-29,17-30)23(18-8-3-1-4-9-18)25(32(22)24(19)21)26(33)31-20-11-5-2-6-12-20/h1-15,22-23,25H,(H,31,33). The van der Waals surface area contributed by atoms with Crippen LogP contribution in [0.5, 0.6) is 0 Å². The SMILES string of the molecule is N#CC1(C#N)C(c2ccccc2)C(C(=O)Nc2ccccc2)N2c3c(Cl)cccc3C=CC21. The molecule has 0 spiro atoms. The Morgan fingerprint density at radius 3 is 2.27 bits per heavy atom. The van der Waals surface area contributed by atoms with Crippen LogP contribution in [0.3, 0.4) is 0 Å². The number of fused-ring (bicyclic) bond motifs is 3. The number of benzene rings is 3. The van der Waals surface area contributed by atoms with Crippen LogP contribution >= 0.6 is 11.6 Å². The zero-order chi connectivity index (χ0) is 23.0. The molecule has 6 heteroatoms. The molecule has 0 bridgehead atoms. The highest BCUT2D eigenvalue weighted by Crippen LogP contribution is 2.56. The molecule has 5 rings (SSSR count). The van der Waals surface area contributed by atoms with Gasteiger partial charge in [0.05, 0.1) is 28.9 Å². The Kier molecular flexibility index (Phi) is 5.13. The van der Waals surface area contributed by atoms with Crippen molar-refractivity contribution in [2.75, 3.05) is 10.2 Å². The number of carbonyl (C=O) groups is 1. The normalized spacial score (nSPS) is 21.9. The number of nitriles is 2. The molecule has 3 aromatic carbocycles. The van der Waals surface area contributed by atoms with E-state index in [1.54, 1.807) is 18.2 Å². The van der Waals surface area contributed by atoms with Gasteiger partial charge in [0, 0.05) is 11.6 Å². The van der Waals surface area contributed by atoms with Crippen molar-refractivity contribution in [3.8, 4) is 12.1 Å². The van der Waals surface area contributed by atoms with Gasteiger partial charge in [-0.3, -0.25) is 4.79 Å². The predicted molar refractivity (Wildman–Crippen MR) is 128 cm³/mol. The molecule has 33 heavy (non-hydrogen) atoms. The molecule has 0 aromatic heterocycles. The van der Waals surface area contributed by atoms with E-state index in [0.29, 0.717) is 16.4 Å². The Labute approximate surface area is 197 Å². The van der Waals surface area contributed by atoms with Gasteiger partial charge in [-0.25, -0.2) is 0 Å². The van der Waals surface area contributed by atoms with Gasteiger partial charge in [0.1, 0.15) is 6.04 Å². The van der Waals surface area contributed by atoms with E-state index >= 15 is 0 Å². The smallest absolute Gasteiger partial charge is 0.247 e. The van der Waals surface area contributed by atoms with Crippen molar-refractivity contribution in [1.29, 1.82) is 10.5 Å². The summed E-state index contributed by atoms with van der Waals surface area (Å²) in [5, 5.41) is 24.2. The van der Waals surface area contributed by atoms with Crippen molar-refractivity contribution in [3.63, 3.8) is 0 Å². The topological polar surface area (TPSA) is 79.9 Å². The molecule has 160 valence electrons. The van der Waals surface area contributed by atoms with Crippen molar-refractivity contribution >= 4 is 35.0 Å². The van der Waals surface area contributed by atoms with Gasteiger partial charge in [-0.2, -0.15) is 10.5 Å². The fraction of sp³-hybridized carbons (Fsp3) is 0.148. The lowest BCUT2D eigenvalue weighted by Crippen LogP contribution is -2.46. The Bertz CT molecular complexity index is 1310. The van der Waals surface area contributed by atoms with E-state index in [-0.39, 0.29) is 5.91 Å². The zero-order valence-corrected chi connectivity index (χ0v) is 18.3. The molecule has 5 nitrogen and oxygen atoms in total. The molecule has 0 aliphatic carbocycles. The quantitative estimate of drug-likeness (QED) is 0.581. The number of anilines is 2. The molecular formula is C27H19ClN4O. The van der Waals surface area contributed by atoms with E-state index in [1.165, 1.54) is 0 Å².